The lowest BCUT2D eigenvalue weighted by molar-refractivity contribution is -0.118. The summed E-state index contributed by atoms with van der Waals surface area (Å²) in [6, 6.07) is 15.1. The second-order valence-electron chi connectivity index (χ2n) is 4.53. The van der Waals surface area contributed by atoms with Gasteiger partial charge in [0.1, 0.15) is 0 Å². The van der Waals surface area contributed by atoms with Crippen molar-refractivity contribution in [3.05, 3.63) is 69.7 Å². The van der Waals surface area contributed by atoms with Crippen LogP contribution < -0.4 is 5.32 Å². The van der Waals surface area contributed by atoms with Crippen molar-refractivity contribution < 1.29 is 4.79 Å². The van der Waals surface area contributed by atoms with Crippen LogP contribution in [0.1, 0.15) is 11.1 Å². The van der Waals surface area contributed by atoms with Crippen molar-refractivity contribution in [1.29, 1.82) is 0 Å². The molecule has 21 heavy (non-hydrogen) atoms. The third-order valence-electron chi connectivity index (χ3n) is 2.79. The van der Waals surface area contributed by atoms with E-state index in [-0.39, 0.29) is 5.91 Å². The summed E-state index contributed by atoms with van der Waals surface area (Å²) in [5.74, 6) is 1.25. The smallest absolute Gasteiger partial charge is 0.230 e. The number of nitrogens with one attached hydrogen (secondary N) is 1. The maximum Gasteiger partial charge on any atom is 0.230 e. The molecular weight excluding hydrogens is 325 g/mol. The fourth-order valence-corrected chi connectivity index (χ4v) is 2.90. The standard InChI is InChI=1S/C16H15Cl2NOS/c17-14-6-4-12(5-7-14)10-21-11-16(20)19-9-13-2-1-3-15(18)8-13/h1-8H,9-11H2,(H,19,20). The Hall–Kier alpha value is -1.16. The van der Waals surface area contributed by atoms with Gasteiger partial charge in [0.05, 0.1) is 5.75 Å². The molecule has 0 saturated heterocycles. The van der Waals surface area contributed by atoms with E-state index in [4.69, 9.17) is 23.2 Å². The number of hydrogen-bond donors (Lipinski definition) is 1. The molecule has 2 rings (SSSR count). The molecule has 0 spiro atoms. The zero-order valence-corrected chi connectivity index (χ0v) is 13.6. The lowest BCUT2D eigenvalue weighted by Gasteiger charge is -2.06. The van der Waals surface area contributed by atoms with Gasteiger partial charge >= 0.3 is 0 Å². The molecule has 2 aromatic rings. The second kappa shape index (κ2) is 8.32. The summed E-state index contributed by atoms with van der Waals surface area (Å²) in [7, 11) is 0. The first kappa shape index (κ1) is 16.2. The summed E-state index contributed by atoms with van der Waals surface area (Å²) < 4.78 is 0. The molecule has 5 heteroatoms. The number of hydrogen-bond acceptors (Lipinski definition) is 2. The van der Waals surface area contributed by atoms with Crippen LogP contribution in [0.4, 0.5) is 0 Å². The first-order valence-corrected chi connectivity index (χ1v) is 8.38. The Kier molecular flexibility index (Phi) is 6.43. The maximum atomic E-state index is 11.8. The minimum absolute atomic E-state index is 0.0222. The van der Waals surface area contributed by atoms with Gasteiger partial charge in [0.25, 0.3) is 0 Å². The van der Waals surface area contributed by atoms with Gasteiger partial charge in [0.2, 0.25) is 5.91 Å². The summed E-state index contributed by atoms with van der Waals surface area (Å²) in [6.07, 6.45) is 0. The van der Waals surface area contributed by atoms with Crippen molar-refractivity contribution in [3.63, 3.8) is 0 Å². The van der Waals surface area contributed by atoms with Crippen molar-refractivity contribution in [2.24, 2.45) is 0 Å². The van der Waals surface area contributed by atoms with Crippen LogP contribution in [-0.2, 0) is 17.1 Å². The van der Waals surface area contributed by atoms with Gasteiger partial charge in [-0.3, -0.25) is 4.79 Å². The van der Waals surface area contributed by atoms with Gasteiger partial charge in [0, 0.05) is 22.3 Å². The zero-order valence-electron chi connectivity index (χ0n) is 11.3. The summed E-state index contributed by atoms with van der Waals surface area (Å²) >= 11 is 13.3. The first-order chi connectivity index (χ1) is 10.1. The molecule has 0 unspecified atom stereocenters. The van der Waals surface area contributed by atoms with Gasteiger partial charge in [-0.15, -0.1) is 11.8 Å². The Morgan fingerprint density at radius 2 is 1.76 bits per heavy atom. The Labute approximate surface area is 138 Å². The van der Waals surface area contributed by atoms with Crippen molar-refractivity contribution in [3.8, 4) is 0 Å². The van der Waals surface area contributed by atoms with Crippen molar-refractivity contribution >= 4 is 40.9 Å². The molecule has 0 saturated carbocycles. The second-order valence-corrected chi connectivity index (χ2v) is 6.38. The van der Waals surface area contributed by atoms with Crippen LogP contribution in [0.15, 0.2) is 48.5 Å². The number of halogens is 2. The van der Waals surface area contributed by atoms with Crippen LogP contribution >= 0.6 is 35.0 Å². The van der Waals surface area contributed by atoms with E-state index in [1.54, 1.807) is 11.8 Å². The number of rotatable bonds is 6. The van der Waals surface area contributed by atoms with E-state index in [2.05, 4.69) is 5.32 Å². The van der Waals surface area contributed by atoms with Gasteiger partial charge in [-0.1, -0.05) is 47.5 Å². The molecule has 0 radical (unpaired) electrons. The number of thioether (sulfide) groups is 1. The third kappa shape index (κ3) is 6.00. The summed E-state index contributed by atoms with van der Waals surface area (Å²) in [5.41, 5.74) is 2.16. The monoisotopic (exact) mass is 339 g/mol. The average Bonchev–Trinajstić information content (AvgIpc) is 2.47. The molecule has 0 fully saturated rings. The lowest BCUT2D eigenvalue weighted by Crippen LogP contribution is -2.24. The Morgan fingerprint density at radius 1 is 1.00 bits per heavy atom. The van der Waals surface area contributed by atoms with Crippen molar-refractivity contribution in [2.45, 2.75) is 12.3 Å². The maximum absolute atomic E-state index is 11.8. The van der Waals surface area contributed by atoms with Crippen molar-refractivity contribution in [1.82, 2.24) is 5.32 Å². The summed E-state index contributed by atoms with van der Waals surface area (Å²) in [6.45, 7) is 0.501. The Morgan fingerprint density at radius 3 is 2.48 bits per heavy atom. The van der Waals surface area contributed by atoms with Gasteiger partial charge in [-0.25, -0.2) is 0 Å². The highest BCUT2D eigenvalue weighted by molar-refractivity contribution is 7.99. The SMILES string of the molecule is O=C(CSCc1ccc(Cl)cc1)NCc1cccc(Cl)c1. The van der Waals surface area contributed by atoms with Crippen LogP contribution in [0.2, 0.25) is 10.0 Å². The molecule has 1 amide bonds. The highest BCUT2D eigenvalue weighted by Crippen LogP contribution is 2.15. The predicted molar refractivity (Wildman–Crippen MR) is 90.9 cm³/mol. The van der Waals surface area contributed by atoms with Crippen molar-refractivity contribution in [2.75, 3.05) is 5.75 Å². The Balaban J connectivity index is 1.69. The topological polar surface area (TPSA) is 29.1 Å². The van der Waals surface area contributed by atoms with E-state index >= 15 is 0 Å². The normalized spacial score (nSPS) is 10.4. The fourth-order valence-electron chi connectivity index (χ4n) is 1.74. The number of benzene rings is 2. The van der Waals surface area contributed by atoms with E-state index in [0.717, 1.165) is 21.9 Å². The van der Waals surface area contributed by atoms with E-state index in [0.29, 0.717) is 17.3 Å². The highest BCUT2D eigenvalue weighted by Gasteiger charge is 2.03. The van der Waals surface area contributed by atoms with Crippen LogP contribution in [0.25, 0.3) is 0 Å². The predicted octanol–water partition coefficient (Wildman–Crippen LogP) is 4.54. The molecule has 0 aromatic heterocycles. The minimum atomic E-state index is 0.0222. The fraction of sp³-hybridized carbons (Fsp3) is 0.188. The summed E-state index contributed by atoms with van der Waals surface area (Å²) in [4.78, 5) is 11.8. The molecule has 110 valence electrons. The van der Waals surface area contributed by atoms with Gasteiger partial charge in [-0.05, 0) is 35.4 Å². The van der Waals surface area contributed by atoms with Gasteiger partial charge < -0.3 is 5.32 Å². The number of carbonyl (C=O) groups is 1. The van der Waals surface area contributed by atoms with Crippen LogP contribution in [0.5, 0.6) is 0 Å². The van der Waals surface area contributed by atoms with E-state index in [1.165, 1.54) is 0 Å². The molecule has 0 aliphatic carbocycles. The van der Waals surface area contributed by atoms with E-state index in [1.807, 2.05) is 48.5 Å². The van der Waals surface area contributed by atoms with Gasteiger partial charge in [-0.2, -0.15) is 0 Å². The van der Waals surface area contributed by atoms with Gasteiger partial charge in [0.15, 0.2) is 0 Å². The first-order valence-electron chi connectivity index (χ1n) is 6.47. The number of carbonyl (C=O) groups excluding carboxylic acids is 1. The molecule has 2 aromatic carbocycles. The zero-order chi connectivity index (χ0) is 15.1. The lowest BCUT2D eigenvalue weighted by atomic mass is 10.2. The summed E-state index contributed by atoms with van der Waals surface area (Å²) in [5, 5.41) is 4.29. The highest BCUT2D eigenvalue weighted by atomic mass is 35.5. The van der Waals surface area contributed by atoms with Crippen LogP contribution in [0, 0.1) is 0 Å². The number of amides is 1. The Bertz CT molecular complexity index is 601. The molecule has 2 nitrogen and oxygen atoms in total. The van der Waals surface area contributed by atoms with E-state index in [9.17, 15) is 4.79 Å². The average molecular weight is 340 g/mol. The molecule has 0 aliphatic rings. The molecule has 0 bridgehead atoms. The molecular formula is C16H15Cl2NOS. The van der Waals surface area contributed by atoms with Crippen LogP contribution in [0.3, 0.4) is 0 Å². The third-order valence-corrected chi connectivity index (χ3v) is 4.28. The molecule has 0 aliphatic heterocycles. The quantitative estimate of drug-likeness (QED) is 0.836. The molecule has 0 atom stereocenters. The molecule has 1 N–H and O–H groups in total. The minimum Gasteiger partial charge on any atom is -0.351 e. The largest absolute Gasteiger partial charge is 0.351 e. The van der Waals surface area contributed by atoms with E-state index < -0.39 is 0 Å². The molecule has 0 heterocycles. The van der Waals surface area contributed by atoms with Crippen LogP contribution in [-0.4, -0.2) is 11.7 Å².